The molecule has 0 spiro atoms. The highest BCUT2D eigenvalue weighted by molar-refractivity contribution is 5.72. The monoisotopic (exact) mass is 1050 g/mol. The van der Waals surface area contributed by atoms with Crippen LogP contribution in [0.25, 0.3) is 0 Å². The Kier molecular flexibility index (Phi) is 61.2. The van der Waals surface area contributed by atoms with Crippen molar-refractivity contribution in [2.24, 2.45) is 0 Å². The van der Waals surface area contributed by atoms with Crippen LogP contribution < -0.4 is 0 Å². The van der Waals surface area contributed by atoms with Gasteiger partial charge in [0.2, 0.25) is 0 Å². The quantitative estimate of drug-likeness (QED) is 0.0261. The molecule has 0 fully saturated rings. The van der Waals surface area contributed by atoms with E-state index in [9.17, 15) is 14.4 Å². The minimum atomic E-state index is -0.825. The molecule has 0 saturated carbocycles. The predicted molar refractivity (Wildman–Crippen MR) is 325 cm³/mol. The van der Waals surface area contributed by atoms with Gasteiger partial charge in [-0.1, -0.05) is 338 Å². The molecule has 1 atom stereocenters. The third kappa shape index (κ3) is 61.8. The van der Waals surface area contributed by atoms with Crippen molar-refractivity contribution in [2.75, 3.05) is 13.2 Å². The summed E-state index contributed by atoms with van der Waals surface area (Å²) in [7, 11) is 0. The van der Waals surface area contributed by atoms with Gasteiger partial charge in [0.15, 0.2) is 6.10 Å². The summed E-state index contributed by atoms with van der Waals surface area (Å²) < 4.78 is 16.8. The first-order valence-corrected chi connectivity index (χ1v) is 32.8. The van der Waals surface area contributed by atoms with Crippen LogP contribution in [0.15, 0.2) is 60.8 Å². The molecule has 0 amide bonds. The van der Waals surface area contributed by atoms with Crippen molar-refractivity contribution in [1.29, 1.82) is 0 Å². The zero-order valence-electron chi connectivity index (χ0n) is 50.1. The summed E-state index contributed by atoms with van der Waals surface area (Å²) in [4.78, 5) is 38.1. The van der Waals surface area contributed by atoms with Gasteiger partial charge in [-0.05, 0) is 44.9 Å². The van der Waals surface area contributed by atoms with Crippen molar-refractivity contribution in [2.45, 2.75) is 348 Å². The topological polar surface area (TPSA) is 78.9 Å². The highest BCUT2D eigenvalue weighted by atomic mass is 16.6. The molecule has 75 heavy (non-hydrogen) atoms. The van der Waals surface area contributed by atoms with Gasteiger partial charge in [-0.15, -0.1) is 0 Å². The standard InChI is InChI=1S/C69H124O6/c1-4-7-10-13-16-19-22-24-26-27-28-29-30-31-32-33-34-35-36-37-38-39-40-41-43-44-47-50-53-56-59-62-68(71)74-65-66(64-73-67(70)61-58-55-52-49-46-21-18-15-12-9-6-3)75-69(72)63-60-57-54-51-48-45-42-25-23-20-17-14-11-8-5-2/h8,11,17,20,25,42,48,51,57,60,66H,4-7,9-10,12-16,18-19,21-24,26-41,43-47,49-50,52-56,58-59,61-65H2,1-3H3/b11-8-,20-17-,42-25-,51-48-,60-57-. The van der Waals surface area contributed by atoms with E-state index in [0.717, 1.165) is 70.6 Å². The van der Waals surface area contributed by atoms with Crippen LogP contribution in [0.4, 0.5) is 0 Å². The maximum atomic E-state index is 12.8. The first kappa shape index (κ1) is 72.1. The van der Waals surface area contributed by atoms with Crippen LogP contribution in [-0.2, 0) is 28.6 Å². The Morgan fingerprint density at radius 2 is 0.507 bits per heavy atom. The Morgan fingerprint density at radius 1 is 0.280 bits per heavy atom. The van der Waals surface area contributed by atoms with Gasteiger partial charge in [0, 0.05) is 12.8 Å². The molecule has 0 bridgehead atoms. The average Bonchev–Trinajstić information content (AvgIpc) is 3.41. The van der Waals surface area contributed by atoms with E-state index < -0.39 is 12.1 Å². The number of esters is 3. The van der Waals surface area contributed by atoms with Crippen LogP contribution in [0.1, 0.15) is 342 Å². The van der Waals surface area contributed by atoms with Crippen LogP contribution in [0.3, 0.4) is 0 Å². The van der Waals surface area contributed by atoms with Gasteiger partial charge in [-0.25, -0.2) is 0 Å². The average molecular weight is 1050 g/mol. The summed E-state index contributed by atoms with van der Waals surface area (Å²) in [6, 6.07) is 0. The molecule has 1 unspecified atom stereocenters. The van der Waals surface area contributed by atoms with Crippen LogP contribution >= 0.6 is 0 Å². The maximum absolute atomic E-state index is 12.8. The van der Waals surface area contributed by atoms with Crippen molar-refractivity contribution in [3.05, 3.63) is 60.8 Å². The second kappa shape index (κ2) is 63.6. The molecule has 0 aromatic heterocycles. The summed E-state index contributed by atoms with van der Waals surface area (Å²) in [5.41, 5.74) is 0. The van der Waals surface area contributed by atoms with Gasteiger partial charge >= 0.3 is 17.9 Å². The lowest BCUT2D eigenvalue weighted by molar-refractivity contribution is -0.166. The van der Waals surface area contributed by atoms with Crippen LogP contribution in [0.5, 0.6) is 0 Å². The number of carbonyl (C=O) groups is 3. The van der Waals surface area contributed by atoms with Crippen molar-refractivity contribution < 1.29 is 28.6 Å². The first-order valence-electron chi connectivity index (χ1n) is 32.8. The predicted octanol–water partition coefficient (Wildman–Crippen LogP) is 22.3. The third-order valence-electron chi connectivity index (χ3n) is 14.6. The molecule has 0 aromatic rings. The van der Waals surface area contributed by atoms with E-state index in [1.807, 2.05) is 6.08 Å². The highest BCUT2D eigenvalue weighted by Gasteiger charge is 2.19. The molecule has 0 aliphatic carbocycles. The molecule has 0 heterocycles. The molecule has 0 N–H and O–H groups in total. The SMILES string of the molecule is CC/C=C\C/C=C\C/C=C\C/C=C\C/C=C\CC(=O)OC(COC(=O)CCCCCCCCCCCCC)COC(=O)CCCCCCCCCCCCCCCCCCCCCCCCCCCCCCCCC. The molecule has 0 aliphatic rings. The maximum Gasteiger partial charge on any atom is 0.310 e. The number of rotatable bonds is 60. The second-order valence-corrected chi connectivity index (χ2v) is 22.0. The van der Waals surface area contributed by atoms with E-state index in [0.29, 0.717) is 12.8 Å². The van der Waals surface area contributed by atoms with Crippen LogP contribution in [0, 0.1) is 0 Å². The zero-order chi connectivity index (χ0) is 54.3. The Bertz CT molecular complexity index is 1340. The molecule has 0 radical (unpaired) electrons. The highest BCUT2D eigenvalue weighted by Crippen LogP contribution is 2.18. The second-order valence-electron chi connectivity index (χ2n) is 22.0. The van der Waals surface area contributed by atoms with Gasteiger partial charge in [-0.2, -0.15) is 0 Å². The number of allylic oxidation sites excluding steroid dienone is 9. The lowest BCUT2D eigenvalue weighted by Crippen LogP contribution is -2.30. The van der Waals surface area contributed by atoms with Gasteiger partial charge in [0.1, 0.15) is 13.2 Å². The van der Waals surface area contributed by atoms with Crippen LogP contribution in [-0.4, -0.2) is 37.2 Å². The van der Waals surface area contributed by atoms with Crippen LogP contribution in [0.2, 0.25) is 0 Å². The Balaban J connectivity index is 4.13. The number of ether oxygens (including phenoxy) is 3. The number of carbonyl (C=O) groups excluding carboxylic acids is 3. The molecule has 0 saturated heterocycles. The summed E-state index contributed by atoms with van der Waals surface area (Å²) in [5, 5.41) is 0. The van der Waals surface area contributed by atoms with Gasteiger partial charge in [0.25, 0.3) is 0 Å². The van der Waals surface area contributed by atoms with E-state index in [-0.39, 0.29) is 31.6 Å². The van der Waals surface area contributed by atoms with Gasteiger partial charge in [0.05, 0.1) is 6.42 Å². The molecule has 436 valence electrons. The molecule has 6 nitrogen and oxygen atoms in total. The third-order valence-corrected chi connectivity index (χ3v) is 14.6. The Labute approximate surface area is 466 Å². The summed E-state index contributed by atoms with van der Waals surface area (Å²) in [6.07, 6.45) is 81.5. The van der Waals surface area contributed by atoms with E-state index in [1.54, 1.807) is 6.08 Å². The fourth-order valence-electron chi connectivity index (χ4n) is 9.70. The molecule has 0 aromatic carbocycles. The number of unbranched alkanes of at least 4 members (excludes halogenated alkanes) is 40. The minimum Gasteiger partial charge on any atom is -0.462 e. The van der Waals surface area contributed by atoms with E-state index >= 15 is 0 Å². The smallest absolute Gasteiger partial charge is 0.310 e. The number of hydrogen-bond acceptors (Lipinski definition) is 6. The van der Waals surface area contributed by atoms with Crippen molar-refractivity contribution in [1.82, 2.24) is 0 Å². The Morgan fingerprint density at radius 3 is 0.760 bits per heavy atom. The van der Waals surface area contributed by atoms with E-state index in [4.69, 9.17) is 14.2 Å². The first-order chi connectivity index (χ1) is 37.0. The summed E-state index contributed by atoms with van der Waals surface area (Å²) in [5.74, 6) is -1.02. The molecular formula is C69H124O6. The fourth-order valence-corrected chi connectivity index (χ4v) is 9.70. The molecule has 6 heteroatoms. The van der Waals surface area contributed by atoms with Gasteiger partial charge < -0.3 is 14.2 Å². The van der Waals surface area contributed by atoms with Crippen molar-refractivity contribution in [3.8, 4) is 0 Å². The Hall–Kier alpha value is -2.89. The largest absolute Gasteiger partial charge is 0.462 e. The van der Waals surface area contributed by atoms with Crippen molar-refractivity contribution >= 4 is 17.9 Å². The number of hydrogen-bond donors (Lipinski definition) is 0. The minimum absolute atomic E-state index is 0.102. The zero-order valence-corrected chi connectivity index (χ0v) is 50.1. The normalized spacial score (nSPS) is 12.4. The summed E-state index contributed by atoms with van der Waals surface area (Å²) in [6.45, 7) is 6.48. The van der Waals surface area contributed by atoms with Crippen molar-refractivity contribution in [3.63, 3.8) is 0 Å². The fraction of sp³-hybridized carbons (Fsp3) is 0.812. The lowest BCUT2D eigenvalue weighted by Gasteiger charge is -2.18. The summed E-state index contributed by atoms with van der Waals surface area (Å²) >= 11 is 0. The van der Waals surface area contributed by atoms with E-state index in [1.165, 1.54) is 231 Å². The lowest BCUT2D eigenvalue weighted by atomic mass is 10.0. The van der Waals surface area contributed by atoms with Gasteiger partial charge in [-0.3, -0.25) is 14.4 Å². The van der Waals surface area contributed by atoms with E-state index in [2.05, 4.69) is 69.4 Å². The molecular weight excluding hydrogens is 925 g/mol. The molecule has 0 aliphatic heterocycles. The molecule has 0 rings (SSSR count).